The Morgan fingerprint density at radius 1 is 1.36 bits per heavy atom. The average Bonchev–Trinajstić information content (AvgIpc) is 2.78. The predicted octanol–water partition coefficient (Wildman–Crippen LogP) is 1.05. The number of aromatic amines is 1. The van der Waals surface area contributed by atoms with Crippen molar-refractivity contribution < 1.29 is 0 Å². The predicted molar refractivity (Wildman–Crippen MR) is 55.3 cm³/mol. The van der Waals surface area contributed by atoms with Gasteiger partial charge in [0.05, 0.1) is 5.69 Å². The third kappa shape index (κ3) is 1.46. The second kappa shape index (κ2) is 3.39. The highest BCUT2D eigenvalue weighted by Crippen LogP contribution is 2.21. The Balaban J connectivity index is 1.71. The zero-order valence-electron chi connectivity index (χ0n) is 8.47. The Morgan fingerprint density at radius 2 is 2.36 bits per heavy atom. The number of aromatic nitrogens is 2. The summed E-state index contributed by atoms with van der Waals surface area (Å²) in [5.41, 5.74) is 2.75. The Bertz CT molecular complexity index is 302. The van der Waals surface area contributed by atoms with E-state index in [1.165, 1.54) is 56.0 Å². The van der Waals surface area contributed by atoms with Crippen molar-refractivity contribution in [2.24, 2.45) is 5.92 Å². The molecule has 0 aromatic carbocycles. The smallest absolute Gasteiger partial charge is 0.106 e. The number of hydrogen-bond acceptors (Lipinski definition) is 2. The molecule has 1 aromatic rings. The number of H-pyrrole nitrogens is 1. The molecule has 1 aliphatic carbocycles. The standard InChI is InChI=1S/C11H17N3/c1-2-9-10(3-1)14-11(13-9)6-8-4-5-12-7-8/h8,12H,1-7H2,(H,13,14). The van der Waals surface area contributed by atoms with Crippen LogP contribution in [0.2, 0.25) is 0 Å². The average molecular weight is 191 g/mol. The highest BCUT2D eigenvalue weighted by molar-refractivity contribution is 5.20. The van der Waals surface area contributed by atoms with Gasteiger partial charge in [-0.2, -0.15) is 0 Å². The minimum atomic E-state index is 0.807. The number of nitrogens with zero attached hydrogens (tertiary/aromatic N) is 1. The molecule has 1 unspecified atom stereocenters. The van der Waals surface area contributed by atoms with Crippen molar-refractivity contribution in [1.82, 2.24) is 15.3 Å². The molecule has 1 saturated heterocycles. The number of hydrogen-bond donors (Lipinski definition) is 2. The second-order valence-corrected chi connectivity index (χ2v) is 4.53. The van der Waals surface area contributed by atoms with Crippen LogP contribution in [0, 0.1) is 5.92 Å². The minimum absolute atomic E-state index is 0.807. The number of aryl methyl sites for hydroxylation is 2. The Morgan fingerprint density at radius 3 is 3.14 bits per heavy atom. The van der Waals surface area contributed by atoms with Crippen molar-refractivity contribution in [3.8, 4) is 0 Å². The minimum Gasteiger partial charge on any atom is -0.346 e. The van der Waals surface area contributed by atoms with E-state index in [-0.39, 0.29) is 0 Å². The van der Waals surface area contributed by atoms with Gasteiger partial charge in [-0.15, -0.1) is 0 Å². The largest absolute Gasteiger partial charge is 0.346 e. The van der Waals surface area contributed by atoms with Gasteiger partial charge in [0.25, 0.3) is 0 Å². The van der Waals surface area contributed by atoms with Gasteiger partial charge in [-0.05, 0) is 44.7 Å². The zero-order chi connectivity index (χ0) is 9.38. The summed E-state index contributed by atoms with van der Waals surface area (Å²) in [5, 5.41) is 3.40. The van der Waals surface area contributed by atoms with Gasteiger partial charge in [-0.1, -0.05) is 0 Å². The lowest BCUT2D eigenvalue weighted by molar-refractivity contribution is 0.562. The zero-order valence-corrected chi connectivity index (χ0v) is 8.47. The van der Waals surface area contributed by atoms with Crippen molar-refractivity contribution in [2.45, 2.75) is 32.1 Å². The van der Waals surface area contributed by atoms with E-state index < -0.39 is 0 Å². The van der Waals surface area contributed by atoms with E-state index in [9.17, 15) is 0 Å². The molecule has 1 aromatic heterocycles. The third-order valence-corrected chi connectivity index (χ3v) is 3.40. The number of nitrogens with one attached hydrogen (secondary N) is 2. The van der Waals surface area contributed by atoms with Crippen molar-refractivity contribution in [3.63, 3.8) is 0 Å². The molecule has 0 amide bonds. The van der Waals surface area contributed by atoms with Gasteiger partial charge < -0.3 is 10.3 Å². The summed E-state index contributed by atoms with van der Waals surface area (Å²) in [6, 6.07) is 0. The van der Waals surface area contributed by atoms with Gasteiger partial charge in [0.2, 0.25) is 0 Å². The van der Waals surface area contributed by atoms with Crippen LogP contribution in [0.5, 0.6) is 0 Å². The maximum atomic E-state index is 4.67. The van der Waals surface area contributed by atoms with E-state index in [0.29, 0.717) is 0 Å². The summed E-state index contributed by atoms with van der Waals surface area (Å²) in [6.07, 6.45) is 6.14. The van der Waals surface area contributed by atoms with Crippen molar-refractivity contribution in [2.75, 3.05) is 13.1 Å². The SMILES string of the molecule is C1Cc2nc(CC3CCNC3)[nH]c2C1. The highest BCUT2D eigenvalue weighted by atomic mass is 15.0. The fourth-order valence-electron chi connectivity index (χ4n) is 2.61. The first-order valence-electron chi connectivity index (χ1n) is 5.69. The van der Waals surface area contributed by atoms with Crippen LogP contribution in [-0.2, 0) is 19.3 Å². The highest BCUT2D eigenvalue weighted by Gasteiger charge is 2.20. The van der Waals surface area contributed by atoms with Crippen LogP contribution in [0.3, 0.4) is 0 Å². The van der Waals surface area contributed by atoms with Crippen LogP contribution in [0.25, 0.3) is 0 Å². The van der Waals surface area contributed by atoms with Gasteiger partial charge in [0.15, 0.2) is 0 Å². The van der Waals surface area contributed by atoms with E-state index in [1.807, 2.05) is 0 Å². The normalized spacial score (nSPS) is 25.6. The van der Waals surface area contributed by atoms with Gasteiger partial charge in [-0.3, -0.25) is 0 Å². The first-order chi connectivity index (χ1) is 6.92. The first-order valence-corrected chi connectivity index (χ1v) is 5.69. The van der Waals surface area contributed by atoms with Crippen LogP contribution in [0.15, 0.2) is 0 Å². The van der Waals surface area contributed by atoms with Crippen LogP contribution in [0.1, 0.15) is 30.1 Å². The van der Waals surface area contributed by atoms with Gasteiger partial charge in [0.1, 0.15) is 5.82 Å². The quantitative estimate of drug-likeness (QED) is 0.733. The molecule has 1 aliphatic heterocycles. The molecule has 1 fully saturated rings. The Kier molecular flexibility index (Phi) is 2.05. The fraction of sp³-hybridized carbons (Fsp3) is 0.727. The maximum absolute atomic E-state index is 4.67. The van der Waals surface area contributed by atoms with Crippen LogP contribution in [-0.4, -0.2) is 23.1 Å². The summed E-state index contributed by atoms with van der Waals surface area (Å²) in [4.78, 5) is 8.15. The summed E-state index contributed by atoms with van der Waals surface area (Å²) in [6.45, 7) is 2.36. The summed E-state index contributed by atoms with van der Waals surface area (Å²) in [7, 11) is 0. The van der Waals surface area contributed by atoms with Gasteiger partial charge >= 0.3 is 0 Å². The molecule has 14 heavy (non-hydrogen) atoms. The van der Waals surface area contributed by atoms with Crippen LogP contribution >= 0.6 is 0 Å². The van der Waals surface area contributed by atoms with Gasteiger partial charge in [-0.25, -0.2) is 4.98 Å². The summed E-state index contributed by atoms with van der Waals surface area (Å²) >= 11 is 0. The van der Waals surface area contributed by atoms with Crippen molar-refractivity contribution in [3.05, 3.63) is 17.2 Å². The Hall–Kier alpha value is -0.830. The molecule has 3 rings (SSSR count). The first kappa shape index (κ1) is 8.48. The van der Waals surface area contributed by atoms with Gasteiger partial charge in [0, 0.05) is 12.1 Å². The molecule has 1 atom stereocenters. The molecule has 2 heterocycles. The van der Waals surface area contributed by atoms with Crippen molar-refractivity contribution >= 4 is 0 Å². The van der Waals surface area contributed by atoms with Crippen molar-refractivity contribution in [1.29, 1.82) is 0 Å². The molecule has 0 bridgehead atoms. The second-order valence-electron chi connectivity index (χ2n) is 4.53. The van der Waals surface area contributed by atoms with E-state index in [0.717, 1.165) is 12.3 Å². The molecular weight excluding hydrogens is 174 g/mol. The number of imidazole rings is 1. The third-order valence-electron chi connectivity index (χ3n) is 3.40. The van der Waals surface area contributed by atoms with E-state index in [2.05, 4.69) is 15.3 Å². The summed E-state index contributed by atoms with van der Waals surface area (Å²) < 4.78 is 0. The lowest BCUT2D eigenvalue weighted by atomic mass is 10.1. The lowest BCUT2D eigenvalue weighted by Crippen LogP contribution is -2.11. The lowest BCUT2D eigenvalue weighted by Gasteiger charge is -2.04. The Labute approximate surface area is 84.3 Å². The van der Waals surface area contributed by atoms with Crippen LogP contribution < -0.4 is 5.32 Å². The summed E-state index contributed by atoms with van der Waals surface area (Å²) in [5.74, 6) is 2.03. The topological polar surface area (TPSA) is 40.7 Å². The molecular formula is C11H17N3. The monoisotopic (exact) mass is 191 g/mol. The number of rotatable bonds is 2. The fourth-order valence-corrected chi connectivity index (χ4v) is 2.61. The molecule has 0 saturated carbocycles. The molecule has 0 spiro atoms. The molecule has 3 heteroatoms. The maximum Gasteiger partial charge on any atom is 0.106 e. The van der Waals surface area contributed by atoms with E-state index >= 15 is 0 Å². The van der Waals surface area contributed by atoms with E-state index in [4.69, 9.17) is 0 Å². The van der Waals surface area contributed by atoms with E-state index in [1.54, 1.807) is 0 Å². The molecule has 2 N–H and O–H groups in total. The van der Waals surface area contributed by atoms with Crippen LogP contribution in [0.4, 0.5) is 0 Å². The molecule has 0 radical (unpaired) electrons. The molecule has 3 nitrogen and oxygen atoms in total. The molecule has 76 valence electrons. The molecule has 2 aliphatic rings. The number of fused-ring (bicyclic) bond motifs is 1.